The number of amides is 7. The van der Waals surface area contributed by atoms with Crippen molar-refractivity contribution in [3.63, 3.8) is 0 Å². The van der Waals surface area contributed by atoms with E-state index < -0.39 is 139 Å². The molecule has 24 heteroatoms. The minimum atomic E-state index is -1.98. The largest absolute Gasteiger partial charge is 0.481 e. The van der Waals surface area contributed by atoms with E-state index in [1.165, 1.54) is 27.0 Å². The molecule has 390 valence electrons. The molecule has 0 radical (unpaired) electrons. The maximum Gasteiger partial charge on any atom is 0.326 e. The summed E-state index contributed by atoms with van der Waals surface area (Å²) in [5.41, 5.74) is 12.0. The van der Waals surface area contributed by atoms with E-state index in [-0.39, 0.29) is 37.4 Å². The van der Waals surface area contributed by atoms with Crippen LogP contribution >= 0.6 is 0 Å². The molecule has 1 heterocycles. The third-order valence-corrected chi connectivity index (χ3v) is 11.4. The number of hydrogen-bond acceptors (Lipinski definition) is 12. The van der Waals surface area contributed by atoms with Gasteiger partial charge in [-0.3, -0.25) is 43.3 Å². The lowest BCUT2D eigenvalue weighted by atomic mass is 9.94. The number of aliphatic carboxylic acids is 3. The molecule has 71 heavy (non-hydrogen) atoms. The molecule has 9 atom stereocenters. The number of likely N-dealkylation sites (N-methyl/N-ethyl adjacent to an activating group) is 1. The first-order valence-corrected chi connectivity index (χ1v) is 22.8. The van der Waals surface area contributed by atoms with Crippen molar-refractivity contribution < 1.29 is 68.0 Å². The normalized spacial score (nSPS) is 24.1. The van der Waals surface area contributed by atoms with Crippen LogP contribution in [-0.2, 0) is 59.1 Å². The minimum Gasteiger partial charge on any atom is -0.481 e. The zero-order valence-electron chi connectivity index (χ0n) is 40.8. The second-order valence-corrected chi connectivity index (χ2v) is 17.1. The van der Waals surface area contributed by atoms with Crippen LogP contribution in [0.5, 0.6) is 0 Å². The van der Waals surface area contributed by atoms with E-state index in [0.717, 1.165) is 10.5 Å². The molecule has 7 amide bonds. The zero-order chi connectivity index (χ0) is 53.5. The van der Waals surface area contributed by atoms with Gasteiger partial charge >= 0.3 is 17.9 Å². The summed E-state index contributed by atoms with van der Waals surface area (Å²) in [6, 6.07) is 0.156. The molecule has 0 bridgehead atoms. The highest BCUT2D eigenvalue weighted by Gasteiger charge is 2.34. The lowest BCUT2D eigenvalue weighted by molar-refractivity contribution is -0.144. The van der Waals surface area contributed by atoms with Crippen molar-refractivity contribution in [3.05, 3.63) is 72.0 Å². The second kappa shape index (κ2) is 29.4. The molecule has 2 rings (SSSR count). The number of benzene rings is 1. The summed E-state index contributed by atoms with van der Waals surface area (Å²) in [7, 11) is 2.76. The fraction of sp³-hybridized carbons (Fsp3) is 0.511. The predicted molar refractivity (Wildman–Crippen MR) is 257 cm³/mol. The molecule has 0 saturated carbocycles. The van der Waals surface area contributed by atoms with Gasteiger partial charge in [-0.2, -0.15) is 0 Å². The Morgan fingerprint density at radius 1 is 0.859 bits per heavy atom. The van der Waals surface area contributed by atoms with Crippen LogP contribution in [0.3, 0.4) is 0 Å². The Morgan fingerprint density at radius 3 is 2.06 bits per heavy atom. The fourth-order valence-electron chi connectivity index (χ4n) is 7.09. The monoisotopic (exact) mass is 996 g/mol. The molecule has 24 nitrogen and oxygen atoms in total. The van der Waals surface area contributed by atoms with Crippen LogP contribution in [0.4, 0.5) is 0 Å². The van der Waals surface area contributed by atoms with E-state index in [9.17, 15) is 63.3 Å². The van der Waals surface area contributed by atoms with Gasteiger partial charge in [0.2, 0.25) is 35.4 Å². The molecule has 1 saturated heterocycles. The lowest BCUT2D eigenvalue weighted by Gasteiger charge is -2.27. The zero-order valence-corrected chi connectivity index (χ0v) is 40.8. The molecule has 0 aliphatic carbocycles. The Labute approximate surface area is 411 Å². The highest BCUT2D eigenvalue weighted by Crippen LogP contribution is 2.18. The first kappa shape index (κ1) is 59.5. The van der Waals surface area contributed by atoms with Crippen molar-refractivity contribution >= 4 is 65.2 Å². The first-order valence-electron chi connectivity index (χ1n) is 22.8. The molecular formula is C47H68N10O14. The second-order valence-electron chi connectivity index (χ2n) is 17.1. The van der Waals surface area contributed by atoms with E-state index in [1.54, 1.807) is 20.1 Å². The number of carboxylic acid groups (broad SMARTS) is 3. The Morgan fingerprint density at radius 2 is 1.46 bits per heavy atom. The number of carbonyl (C=O) groups excluding carboxylic acids is 7. The van der Waals surface area contributed by atoms with Crippen LogP contribution in [0.1, 0.15) is 78.2 Å². The average Bonchev–Trinajstić information content (AvgIpc) is 3.31. The standard InChI is InChI=1S/C47H68N10O14/c1-25(22-26(2)36(71-7)23-30-12-9-8-10-13-30)15-16-31-27(3)40(62)55-34(45(67)68)17-19-38(59)57(6)29(5)42(64)51-28(4)41(63)54-32(14-11-21-50-47(48)49)43(65)56-35(46(69)70)24-37(58)52-33(44(66)53-31)18-20-39(60)61/h8-10,12-13,15-16,22,26-28,31-36H,5,11,14,17-21,23-24H2,1-4,6-7H3,(H,51,64)(H,52,58)(H,53,66)(H,54,63)(H,55,62)(H,56,65)(H,60,61)(H,67,68)(H,69,70)(H4,48,49,50)/b16-15+,25-22+. The highest BCUT2D eigenvalue weighted by atomic mass is 16.5. The van der Waals surface area contributed by atoms with Gasteiger partial charge in [0.05, 0.1) is 24.5 Å². The SMILES string of the molecule is C=C1C(=O)NC(C)C(=O)NC(CCCN=C(N)N)C(=O)NC(C(=O)O)CC(=O)NC(CCC(=O)O)C(=O)NC(/C=C/C(C)=C/C(C)C(Cc2ccccc2)OC)C(C)C(=O)NC(C(=O)O)CCC(=O)N1C. The molecule has 0 spiro atoms. The molecule has 1 aromatic rings. The number of rotatable bonds is 16. The smallest absolute Gasteiger partial charge is 0.326 e. The van der Waals surface area contributed by atoms with Gasteiger partial charge in [-0.1, -0.05) is 74.6 Å². The Kier molecular flexibility index (Phi) is 24.6. The van der Waals surface area contributed by atoms with Crippen LogP contribution in [-0.4, -0.2) is 148 Å². The summed E-state index contributed by atoms with van der Waals surface area (Å²) in [6.45, 7) is 9.86. The number of aliphatic imine (C=N–C) groups is 1. The summed E-state index contributed by atoms with van der Waals surface area (Å²) in [6.07, 6.45) is 1.93. The molecular weight excluding hydrogens is 929 g/mol. The minimum absolute atomic E-state index is 0.0224. The van der Waals surface area contributed by atoms with Gasteiger partial charge in [0, 0.05) is 39.5 Å². The molecule has 1 aliphatic heterocycles. The van der Waals surface area contributed by atoms with Gasteiger partial charge in [-0.25, -0.2) is 9.59 Å². The summed E-state index contributed by atoms with van der Waals surface area (Å²) in [4.78, 5) is 136. The van der Waals surface area contributed by atoms with Gasteiger partial charge in [0.25, 0.3) is 5.91 Å². The topological polar surface area (TPSA) is 380 Å². The first-order chi connectivity index (χ1) is 33.3. The summed E-state index contributed by atoms with van der Waals surface area (Å²) >= 11 is 0. The number of hydrogen-bond donors (Lipinski definition) is 11. The quantitative estimate of drug-likeness (QED) is 0.0317. The average molecular weight is 997 g/mol. The van der Waals surface area contributed by atoms with Crippen LogP contribution in [0, 0.1) is 11.8 Å². The molecule has 9 unspecified atom stereocenters. The number of guanidine groups is 1. The van der Waals surface area contributed by atoms with Gasteiger partial charge in [0.1, 0.15) is 35.9 Å². The maximum atomic E-state index is 14.1. The van der Waals surface area contributed by atoms with Crippen molar-refractivity contribution in [2.24, 2.45) is 28.3 Å². The Bertz CT molecular complexity index is 2200. The number of carbonyl (C=O) groups is 10. The van der Waals surface area contributed by atoms with Crippen molar-refractivity contribution in [2.75, 3.05) is 20.7 Å². The van der Waals surface area contributed by atoms with E-state index >= 15 is 0 Å². The molecule has 13 N–H and O–H groups in total. The van der Waals surface area contributed by atoms with Gasteiger partial charge in [0.15, 0.2) is 5.96 Å². The highest BCUT2D eigenvalue weighted by molar-refractivity contribution is 6.00. The van der Waals surface area contributed by atoms with E-state index in [4.69, 9.17) is 16.2 Å². The number of methoxy groups -OCH3 is 1. The lowest BCUT2D eigenvalue weighted by Crippen LogP contribution is -2.56. The van der Waals surface area contributed by atoms with Crippen molar-refractivity contribution in [3.8, 4) is 0 Å². The van der Waals surface area contributed by atoms with Crippen LogP contribution < -0.4 is 43.4 Å². The van der Waals surface area contributed by atoms with Crippen LogP contribution in [0.2, 0.25) is 0 Å². The van der Waals surface area contributed by atoms with Gasteiger partial charge < -0.3 is 68.3 Å². The van der Waals surface area contributed by atoms with E-state index in [1.807, 2.05) is 43.3 Å². The van der Waals surface area contributed by atoms with E-state index in [0.29, 0.717) is 12.0 Å². The number of nitrogens with one attached hydrogen (secondary N) is 6. The summed E-state index contributed by atoms with van der Waals surface area (Å²) < 4.78 is 5.77. The molecule has 1 aromatic carbocycles. The number of ether oxygens (including phenoxy) is 1. The third-order valence-electron chi connectivity index (χ3n) is 11.4. The number of nitrogens with zero attached hydrogens (tertiary/aromatic N) is 2. The summed E-state index contributed by atoms with van der Waals surface area (Å²) in [5.74, 6) is -13.2. The maximum absolute atomic E-state index is 14.1. The Balaban J connectivity index is 2.67. The van der Waals surface area contributed by atoms with Gasteiger partial charge in [-0.15, -0.1) is 0 Å². The van der Waals surface area contributed by atoms with E-state index in [2.05, 4.69) is 43.5 Å². The Hall–Kier alpha value is -7.63. The molecule has 1 aliphatic rings. The van der Waals surface area contributed by atoms with Crippen LogP contribution in [0.25, 0.3) is 0 Å². The van der Waals surface area contributed by atoms with Crippen molar-refractivity contribution in [1.29, 1.82) is 0 Å². The van der Waals surface area contributed by atoms with Gasteiger partial charge in [-0.05, 0) is 51.5 Å². The number of nitrogens with two attached hydrogens (primary N) is 2. The molecule has 1 fully saturated rings. The fourth-order valence-corrected chi connectivity index (χ4v) is 7.09. The molecule has 0 aromatic heterocycles. The summed E-state index contributed by atoms with van der Waals surface area (Å²) in [5, 5.41) is 44.0. The predicted octanol–water partition coefficient (Wildman–Crippen LogP) is -0.809. The third kappa shape index (κ3) is 20.9. The van der Waals surface area contributed by atoms with Crippen molar-refractivity contribution in [2.45, 2.75) is 121 Å². The number of carboxylic acids is 3. The number of allylic oxidation sites excluding steroid dienone is 2. The van der Waals surface area contributed by atoms with Crippen molar-refractivity contribution in [1.82, 2.24) is 36.8 Å². The van der Waals surface area contributed by atoms with Crippen LogP contribution in [0.15, 0.2) is 71.4 Å².